The van der Waals surface area contributed by atoms with Gasteiger partial charge in [-0.1, -0.05) is 11.6 Å². The van der Waals surface area contributed by atoms with E-state index >= 15 is 0 Å². The molecule has 2 rings (SSSR count). The molecule has 1 aliphatic rings. The molecule has 86 valence electrons. The normalized spacial score (nSPS) is 16.7. The molecule has 0 aromatic heterocycles. The minimum atomic E-state index is -0.460. The van der Waals surface area contributed by atoms with Crippen LogP contribution in [0.1, 0.15) is 41.3 Å². The molecule has 16 heavy (non-hydrogen) atoms. The third kappa shape index (κ3) is 2.13. The van der Waals surface area contributed by atoms with Gasteiger partial charge in [-0.2, -0.15) is 0 Å². The molecule has 0 saturated carbocycles. The zero-order chi connectivity index (χ0) is 11.7. The molecule has 0 aliphatic heterocycles. The highest BCUT2D eigenvalue weighted by atomic mass is 35.5. The van der Waals surface area contributed by atoms with Crippen molar-refractivity contribution in [1.82, 2.24) is 0 Å². The Bertz CT molecular complexity index is 426. The van der Waals surface area contributed by atoms with Crippen LogP contribution in [0.3, 0.4) is 0 Å². The summed E-state index contributed by atoms with van der Waals surface area (Å²) in [5, 5.41) is 0.723. The van der Waals surface area contributed by atoms with Crippen molar-refractivity contribution in [2.45, 2.75) is 38.6 Å². The molecular formula is C13H16ClNO. The highest BCUT2D eigenvalue weighted by molar-refractivity contribution is 6.32. The Morgan fingerprint density at radius 3 is 2.75 bits per heavy atom. The van der Waals surface area contributed by atoms with Gasteiger partial charge in [0.05, 0.1) is 6.04 Å². The second-order valence-corrected chi connectivity index (χ2v) is 4.86. The number of aryl methyl sites for hydroxylation is 1. The van der Waals surface area contributed by atoms with Crippen LogP contribution >= 0.6 is 11.6 Å². The van der Waals surface area contributed by atoms with E-state index in [0.29, 0.717) is 5.56 Å². The summed E-state index contributed by atoms with van der Waals surface area (Å²) in [6.45, 7) is 1.70. The van der Waals surface area contributed by atoms with Crippen molar-refractivity contribution in [2.24, 2.45) is 5.73 Å². The fourth-order valence-electron chi connectivity index (χ4n) is 2.22. The standard InChI is InChI=1S/C13H16ClNO/c1-8(15)13(16)10-6-9-4-2-3-5-11(9)12(14)7-10/h6-8H,2-5,15H2,1H3. The van der Waals surface area contributed by atoms with Gasteiger partial charge in [0.25, 0.3) is 0 Å². The monoisotopic (exact) mass is 237 g/mol. The topological polar surface area (TPSA) is 43.1 Å². The number of Topliss-reactive ketones (excluding diaryl/α,β-unsaturated/α-hetero) is 1. The van der Waals surface area contributed by atoms with Gasteiger partial charge in [0.1, 0.15) is 0 Å². The van der Waals surface area contributed by atoms with Gasteiger partial charge in [0.15, 0.2) is 5.78 Å². The van der Waals surface area contributed by atoms with Gasteiger partial charge in [0.2, 0.25) is 0 Å². The Balaban J connectivity index is 2.43. The molecule has 0 spiro atoms. The molecular weight excluding hydrogens is 222 g/mol. The van der Waals surface area contributed by atoms with Crippen molar-refractivity contribution >= 4 is 17.4 Å². The van der Waals surface area contributed by atoms with E-state index in [1.807, 2.05) is 6.07 Å². The van der Waals surface area contributed by atoms with Crippen molar-refractivity contribution in [1.29, 1.82) is 0 Å². The molecule has 1 aliphatic carbocycles. The van der Waals surface area contributed by atoms with Crippen LogP contribution in [0.2, 0.25) is 5.02 Å². The second-order valence-electron chi connectivity index (χ2n) is 4.46. The Morgan fingerprint density at radius 2 is 2.06 bits per heavy atom. The molecule has 0 radical (unpaired) electrons. The molecule has 2 N–H and O–H groups in total. The molecule has 0 saturated heterocycles. The van der Waals surface area contributed by atoms with E-state index in [2.05, 4.69) is 0 Å². The zero-order valence-electron chi connectivity index (χ0n) is 9.42. The van der Waals surface area contributed by atoms with Crippen LogP contribution in [0.5, 0.6) is 0 Å². The largest absolute Gasteiger partial charge is 0.321 e. The molecule has 1 atom stereocenters. The summed E-state index contributed by atoms with van der Waals surface area (Å²) in [7, 11) is 0. The van der Waals surface area contributed by atoms with Crippen LogP contribution in [-0.2, 0) is 12.8 Å². The number of carbonyl (C=O) groups excluding carboxylic acids is 1. The van der Waals surface area contributed by atoms with E-state index in [4.69, 9.17) is 17.3 Å². The number of fused-ring (bicyclic) bond motifs is 1. The Kier molecular flexibility index (Phi) is 3.31. The number of ketones is 1. The average Bonchev–Trinajstić information content (AvgIpc) is 2.28. The first-order chi connectivity index (χ1) is 7.59. The lowest BCUT2D eigenvalue weighted by Crippen LogP contribution is -2.27. The minimum Gasteiger partial charge on any atom is -0.321 e. The lowest BCUT2D eigenvalue weighted by Gasteiger charge is -2.18. The van der Waals surface area contributed by atoms with Gasteiger partial charge in [-0.25, -0.2) is 0 Å². The molecule has 0 fully saturated rings. The maximum Gasteiger partial charge on any atom is 0.179 e. The molecule has 0 bridgehead atoms. The van der Waals surface area contributed by atoms with Crippen molar-refractivity contribution in [2.75, 3.05) is 0 Å². The SMILES string of the molecule is CC(N)C(=O)c1cc(Cl)c2c(c1)CCCC2. The van der Waals surface area contributed by atoms with Crippen LogP contribution in [0.25, 0.3) is 0 Å². The van der Waals surface area contributed by atoms with Crippen LogP contribution in [0.15, 0.2) is 12.1 Å². The summed E-state index contributed by atoms with van der Waals surface area (Å²) < 4.78 is 0. The van der Waals surface area contributed by atoms with E-state index in [0.717, 1.165) is 17.9 Å². The first-order valence-electron chi connectivity index (χ1n) is 5.70. The Morgan fingerprint density at radius 1 is 1.38 bits per heavy atom. The third-order valence-electron chi connectivity index (χ3n) is 3.11. The van der Waals surface area contributed by atoms with Crippen LogP contribution in [0, 0.1) is 0 Å². The van der Waals surface area contributed by atoms with E-state index in [-0.39, 0.29) is 5.78 Å². The molecule has 3 heteroatoms. The molecule has 1 aromatic carbocycles. The molecule has 1 aromatic rings. The third-order valence-corrected chi connectivity index (χ3v) is 3.45. The van der Waals surface area contributed by atoms with Gasteiger partial charge in [-0.3, -0.25) is 4.79 Å². The molecule has 1 unspecified atom stereocenters. The number of nitrogens with two attached hydrogens (primary N) is 1. The van der Waals surface area contributed by atoms with Crippen LogP contribution < -0.4 is 5.73 Å². The summed E-state index contributed by atoms with van der Waals surface area (Å²) in [5.74, 6) is -0.0322. The summed E-state index contributed by atoms with van der Waals surface area (Å²) in [6, 6.07) is 3.27. The number of halogens is 1. The average molecular weight is 238 g/mol. The summed E-state index contributed by atoms with van der Waals surface area (Å²) >= 11 is 6.20. The summed E-state index contributed by atoms with van der Waals surface area (Å²) in [5.41, 5.74) is 8.70. The van der Waals surface area contributed by atoms with Crippen molar-refractivity contribution in [3.8, 4) is 0 Å². The number of benzene rings is 1. The number of rotatable bonds is 2. The predicted molar refractivity (Wildman–Crippen MR) is 66.1 cm³/mol. The Hall–Kier alpha value is -0.860. The number of carbonyl (C=O) groups is 1. The Labute approximate surface area is 101 Å². The second kappa shape index (κ2) is 4.56. The maximum absolute atomic E-state index is 11.8. The zero-order valence-corrected chi connectivity index (χ0v) is 10.2. The minimum absolute atomic E-state index is 0.0322. The molecule has 0 heterocycles. The van der Waals surface area contributed by atoms with Crippen molar-refractivity contribution < 1.29 is 4.79 Å². The van der Waals surface area contributed by atoms with E-state index in [1.54, 1.807) is 13.0 Å². The number of hydrogen-bond donors (Lipinski definition) is 1. The quantitative estimate of drug-likeness (QED) is 0.804. The first kappa shape index (κ1) is 11.6. The highest BCUT2D eigenvalue weighted by Gasteiger charge is 2.18. The van der Waals surface area contributed by atoms with E-state index < -0.39 is 6.04 Å². The predicted octanol–water partition coefficient (Wildman–Crippen LogP) is 2.75. The molecule has 2 nitrogen and oxygen atoms in total. The van der Waals surface area contributed by atoms with Gasteiger partial charge in [-0.05, 0) is 55.9 Å². The lowest BCUT2D eigenvalue weighted by molar-refractivity contribution is 0.0968. The van der Waals surface area contributed by atoms with Crippen LogP contribution in [0.4, 0.5) is 0 Å². The van der Waals surface area contributed by atoms with Gasteiger partial charge in [0, 0.05) is 10.6 Å². The fraction of sp³-hybridized carbons (Fsp3) is 0.462. The van der Waals surface area contributed by atoms with Gasteiger partial charge >= 0.3 is 0 Å². The highest BCUT2D eigenvalue weighted by Crippen LogP contribution is 2.29. The van der Waals surface area contributed by atoms with E-state index in [9.17, 15) is 4.79 Å². The smallest absolute Gasteiger partial charge is 0.179 e. The fourth-order valence-corrected chi connectivity index (χ4v) is 2.55. The van der Waals surface area contributed by atoms with Gasteiger partial charge < -0.3 is 5.73 Å². The van der Waals surface area contributed by atoms with Crippen molar-refractivity contribution in [3.05, 3.63) is 33.8 Å². The summed E-state index contributed by atoms with van der Waals surface area (Å²) in [4.78, 5) is 11.8. The van der Waals surface area contributed by atoms with Gasteiger partial charge in [-0.15, -0.1) is 0 Å². The van der Waals surface area contributed by atoms with E-state index in [1.165, 1.54) is 24.0 Å². The summed E-state index contributed by atoms with van der Waals surface area (Å²) in [6.07, 6.45) is 4.42. The van der Waals surface area contributed by atoms with Crippen LogP contribution in [-0.4, -0.2) is 11.8 Å². The maximum atomic E-state index is 11.8. The molecule has 0 amide bonds. The number of hydrogen-bond acceptors (Lipinski definition) is 2. The lowest BCUT2D eigenvalue weighted by atomic mass is 9.89. The van der Waals surface area contributed by atoms with Crippen molar-refractivity contribution in [3.63, 3.8) is 0 Å². The first-order valence-corrected chi connectivity index (χ1v) is 6.08.